The highest BCUT2D eigenvalue weighted by atomic mass is 32.2. The van der Waals surface area contributed by atoms with Crippen molar-refractivity contribution in [2.45, 2.75) is 349 Å². The van der Waals surface area contributed by atoms with E-state index < -0.39 is 35.0 Å². The van der Waals surface area contributed by atoms with Crippen molar-refractivity contribution in [2.75, 3.05) is 54.3 Å². The Bertz CT molecular complexity index is 1610. The third-order valence-corrected chi connectivity index (χ3v) is 19.5. The number of carbonyl (C=O) groups is 3. The lowest BCUT2D eigenvalue weighted by Crippen LogP contribution is -2.55. The molecule has 0 unspecified atom stereocenters. The number of ether oxygens (including phenoxy) is 3. The summed E-state index contributed by atoms with van der Waals surface area (Å²) >= 11 is 5.80. The van der Waals surface area contributed by atoms with Crippen molar-refractivity contribution in [3.05, 3.63) is 31.5 Å². The van der Waals surface area contributed by atoms with Gasteiger partial charge < -0.3 is 14.2 Å². The van der Waals surface area contributed by atoms with Crippen molar-refractivity contribution in [3.8, 4) is 0 Å². The second-order valence-electron chi connectivity index (χ2n) is 23.9. The van der Waals surface area contributed by atoms with Crippen molar-refractivity contribution in [3.63, 3.8) is 0 Å². The van der Waals surface area contributed by atoms with Gasteiger partial charge in [-0.25, -0.2) is 28.1 Å². The topological polar surface area (TPSA) is 145 Å². The molecule has 0 N–H and O–H groups in total. The molecule has 0 aliphatic heterocycles. The number of esters is 3. The molecule has 1 heterocycles. The third-order valence-electron chi connectivity index (χ3n) is 16.1. The van der Waals surface area contributed by atoms with Gasteiger partial charge >= 0.3 is 35.0 Å². The highest BCUT2D eigenvalue weighted by molar-refractivity contribution is 7.99. The predicted octanol–water partition coefficient (Wildman–Crippen LogP) is 18.8. The van der Waals surface area contributed by atoms with Gasteiger partial charge in [0.15, 0.2) is 0 Å². The van der Waals surface area contributed by atoms with Gasteiger partial charge in [0, 0.05) is 19.3 Å². The van der Waals surface area contributed by atoms with Crippen LogP contribution in [0.4, 0.5) is 0 Å². The first-order valence-corrected chi connectivity index (χ1v) is 38.9. The van der Waals surface area contributed by atoms with Gasteiger partial charge in [0.05, 0.1) is 19.6 Å². The summed E-state index contributed by atoms with van der Waals surface area (Å²) in [7, 11) is 0. The molecule has 0 aliphatic rings. The van der Waals surface area contributed by atoms with Crippen LogP contribution in [0, 0.1) is 0 Å². The summed E-state index contributed by atoms with van der Waals surface area (Å²) in [5, 5.41) is 0. The van der Waals surface area contributed by atoms with E-state index in [0.29, 0.717) is 19.3 Å². The molecule has 1 rings (SSSR count). The maximum absolute atomic E-state index is 13.7. The SMILES string of the molecule is CCCCCCCCCCCCCCCSCCCCC(=O)OCCn1c(=O)n(CCOC(=O)CCCCSCCCCCCCCCCCCCCC)c(=O)n(CCOC(=O)CCCCSCCCCCCCCCCCCCCC)c1=O. The summed E-state index contributed by atoms with van der Waals surface area (Å²) in [4.78, 5) is 79.2. The van der Waals surface area contributed by atoms with Crippen LogP contribution in [0.3, 0.4) is 0 Å². The van der Waals surface area contributed by atoms with E-state index in [4.69, 9.17) is 14.2 Å². The molecule has 0 saturated heterocycles. The molecule has 84 heavy (non-hydrogen) atoms. The smallest absolute Gasteiger partial charge is 0.336 e. The second kappa shape index (κ2) is 62.5. The minimum Gasteiger partial charge on any atom is -0.464 e. The Kier molecular flexibility index (Phi) is 59.4. The first kappa shape index (κ1) is 79.9. The van der Waals surface area contributed by atoms with E-state index in [9.17, 15) is 28.8 Å². The van der Waals surface area contributed by atoms with Crippen molar-refractivity contribution in [2.24, 2.45) is 0 Å². The van der Waals surface area contributed by atoms with E-state index in [1.54, 1.807) is 0 Å². The Labute approximate surface area is 526 Å². The summed E-state index contributed by atoms with van der Waals surface area (Å²) in [6.07, 6.45) is 58.1. The molecule has 1 aromatic heterocycles. The summed E-state index contributed by atoms with van der Waals surface area (Å²) in [5.41, 5.74) is -2.63. The fraction of sp³-hybridized carbons (Fsp3) is 0.913. The molecule has 0 aromatic carbocycles. The molecular formula is C69H129N3O9S3. The summed E-state index contributed by atoms with van der Waals surface area (Å²) in [6, 6.07) is 0. The van der Waals surface area contributed by atoms with Crippen molar-refractivity contribution in [1.82, 2.24) is 13.7 Å². The number of nitrogens with zero attached hydrogens (tertiary/aromatic N) is 3. The average molecular weight is 1240 g/mol. The number of hydrogen-bond acceptors (Lipinski definition) is 12. The van der Waals surface area contributed by atoms with Crippen LogP contribution in [0.1, 0.15) is 329 Å². The number of aromatic nitrogens is 3. The first-order valence-electron chi connectivity index (χ1n) is 35.4. The second-order valence-corrected chi connectivity index (χ2v) is 27.6. The number of hydrogen-bond donors (Lipinski definition) is 0. The largest absolute Gasteiger partial charge is 0.464 e. The Morgan fingerprint density at radius 3 is 0.619 bits per heavy atom. The van der Waals surface area contributed by atoms with Crippen LogP contribution in [0.25, 0.3) is 0 Å². The molecule has 0 radical (unpaired) electrons. The molecular weight excluding hydrogens is 1110 g/mol. The third kappa shape index (κ3) is 49.8. The van der Waals surface area contributed by atoms with Crippen LogP contribution in [0.5, 0.6) is 0 Å². The quantitative estimate of drug-likeness (QED) is 0.0348. The normalized spacial score (nSPS) is 11.5. The maximum atomic E-state index is 13.7. The van der Waals surface area contributed by atoms with Crippen molar-refractivity contribution < 1.29 is 28.6 Å². The minimum absolute atomic E-state index is 0.223. The molecule has 0 spiro atoms. The molecule has 0 fully saturated rings. The zero-order valence-electron chi connectivity index (χ0n) is 54.7. The Morgan fingerprint density at radius 1 is 0.262 bits per heavy atom. The van der Waals surface area contributed by atoms with Gasteiger partial charge in [-0.2, -0.15) is 35.3 Å². The van der Waals surface area contributed by atoms with Gasteiger partial charge in [-0.3, -0.25) is 14.4 Å². The van der Waals surface area contributed by atoms with E-state index in [1.807, 2.05) is 35.3 Å². The average Bonchev–Trinajstić information content (AvgIpc) is 2.67. The number of unbranched alkanes of at least 4 members (excludes halogenated alkanes) is 39. The monoisotopic (exact) mass is 1240 g/mol. The number of rotatable bonds is 66. The molecule has 15 heteroatoms. The van der Waals surface area contributed by atoms with Gasteiger partial charge in [0.1, 0.15) is 19.8 Å². The predicted molar refractivity (Wildman–Crippen MR) is 363 cm³/mol. The maximum Gasteiger partial charge on any atom is 0.336 e. The fourth-order valence-corrected chi connectivity index (χ4v) is 13.7. The number of thioether (sulfide) groups is 3. The Hall–Kier alpha value is -2.13. The van der Waals surface area contributed by atoms with Gasteiger partial charge in [0.2, 0.25) is 0 Å². The Balaban J connectivity index is 2.51. The van der Waals surface area contributed by atoms with Crippen molar-refractivity contribution >= 4 is 53.2 Å². The molecule has 0 aliphatic carbocycles. The summed E-state index contributed by atoms with van der Waals surface area (Å²) < 4.78 is 19.0. The van der Waals surface area contributed by atoms with Crippen LogP contribution < -0.4 is 17.1 Å². The number of carbonyl (C=O) groups excluding carboxylic acids is 3. The van der Waals surface area contributed by atoms with Crippen LogP contribution in [0.15, 0.2) is 14.4 Å². The highest BCUT2D eigenvalue weighted by Gasteiger charge is 2.18. The van der Waals surface area contributed by atoms with Gasteiger partial charge in [-0.05, 0) is 92.3 Å². The van der Waals surface area contributed by atoms with Gasteiger partial charge in [-0.1, -0.05) is 252 Å². The molecule has 0 bridgehead atoms. The van der Waals surface area contributed by atoms with Crippen LogP contribution in [-0.2, 0) is 48.2 Å². The summed E-state index contributed by atoms with van der Waals surface area (Å²) in [6.45, 7) is 5.37. The van der Waals surface area contributed by atoms with E-state index in [1.165, 1.54) is 250 Å². The molecule has 0 amide bonds. The molecule has 0 saturated carbocycles. The molecule has 0 atom stereocenters. The summed E-state index contributed by atoms with van der Waals surface area (Å²) in [5.74, 6) is 5.17. The lowest BCUT2D eigenvalue weighted by molar-refractivity contribution is -0.144. The Morgan fingerprint density at radius 2 is 0.429 bits per heavy atom. The van der Waals surface area contributed by atoms with Gasteiger partial charge in [-0.15, -0.1) is 0 Å². The van der Waals surface area contributed by atoms with E-state index in [2.05, 4.69) is 20.8 Å². The highest BCUT2D eigenvalue weighted by Crippen LogP contribution is 2.18. The molecule has 12 nitrogen and oxygen atoms in total. The standard InChI is InChI=1S/C69H129N3O9S3/c1-4-7-10-13-16-19-22-25-28-31-34-37-43-58-82-61-46-40-49-64(73)79-55-52-70-67(76)71(53-56-80-65(74)50-41-47-62-83-59-44-38-35-32-29-26-23-20-17-14-11-8-5-2)69(78)72(68(70)77)54-57-81-66(75)51-42-48-63-84-60-45-39-36-33-30-27-24-21-18-15-12-9-6-3/h4-63H2,1-3H3. The molecule has 492 valence electrons. The van der Waals surface area contributed by atoms with E-state index in [0.717, 1.165) is 67.5 Å². The van der Waals surface area contributed by atoms with Crippen LogP contribution >= 0.6 is 35.3 Å². The zero-order chi connectivity index (χ0) is 60.9. The van der Waals surface area contributed by atoms with E-state index in [-0.39, 0.29) is 58.7 Å². The van der Waals surface area contributed by atoms with Crippen molar-refractivity contribution in [1.29, 1.82) is 0 Å². The lowest BCUT2D eigenvalue weighted by Gasteiger charge is -2.14. The van der Waals surface area contributed by atoms with Crippen LogP contribution in [-0.4, -0.2) is 85.9 Å². The van der Waals surface area contributed by atoms with Crippen LogP contribution in [0.2, 0.25) is 0 Å². The lowest BCUT2D eigenvalue weighted by atomic mass is 10.1. The van der Waals surface area contributed by atoms with E-state index >= 15 is 0 Å². The zero-order valence-corrected chi connectivity index (χ0v) is 57.1. The van der Waals surface area contributed by atoms with Gasteiger partial charge in [0.25, 0.3) is 0 Å². The molecule has 1 aromatic rings. The minimum atomic E-state index is -0.877. The first-order chi connectivity index (χ1) is 41.3. The fourth-order valence-electron chi connectivity index (χ4n) is 10.6.